The van der Waals surface area contributed by atoms with Crippen LogP contribution < -0.4 is 0 Å². The first kappa shape index (κ1) is 15.2. The van der Waals surface area contributed by atoms with Crippen LogP contribution in [-0.2, 0) is 20.6 Å². The molecular weight excluding hydrogens is 256 g/mol. The zero-order chi connectivity index (χ0) is 12.9. The van der Waals surface area contributed by atoms with Crippen LogP contribution in [0.4, 0.5) is 0 Å². The molecule has 0 N–H and O–H groups in total. The molecule has 0 aromatic rings. The highest BCUT2D eigenvalue weighted by Gasteiger charge is 2.27. The fourth-order valence-corrected chi connectivity index (χ4v) is 6.28. The van der Waals surface area contributed by atoms with Gasteiger partial charge in [-0.15, -0.1) is 0 Å². The maximum Gasteiger partial charge on any atom is 0.150 e. The average Bonchev–Trinajstić information content (AvgIpc) is 2.24. The van der Waals surface area contributed by atoms with Crippen LogP contribution >= 0.6 is 0 Å². The Morgan fingerprint density at radius 2 is 2.06 bits per heavy atom. The summed E-state index contributed by atoms with van der Waals surface area (Å²) < 4.78 is 35.2. The standard InChI is InChI=1S/C12H24O3S2/c1-3-6-12(4-2)16(13)9-11-7-5-8-17(14,15)10-11/h11-12H,3-10H2,1-2H3. The minimum Gasteiger partial charge on any atom is -0.259 e. The zero-order valence-electron chi connectivity index (χ0n) is 10.9. The summed E-state index contributed by atoms with van der Waals surface area (Å²) in [6.07, 6.45) is 4.64. The van der Waals surface area contributed by atoms with Crippen LogP contribution in [0.2, 0.25) is 0 Å². The van der Waals surface area contributed by atoms with Gasteiger partial charge in [-0.2, -0.15) is 0 Å². The summed E-state index contributed by atoms with van der Waals surface area (Å²) in [6.45, 7) is 4.17. The molecule has 5 heteroatoms. The summed E-state index contributed by atoms with van der Waals surface area (Å²) in [5.74, 6) is 1.28. The molecule has 17 heavy (non-hydrogen) atoms. The smallest absolute Gasteiger partial charge is 0.150 e. The number of rotatable bonds is 6. The van der Waals surface area contributed by atoms with Gasteiger partial charge in [0, 0.05) is 21.8 Å². The molecule has 0 bridgehead atoms. The second kappa shape index (κ2) is 6.88. The van der Waals surface area contributed by atoms with Crippen molar-refractivity contribution < 1.29 is 12.6 Å². The lowest BCUT2D eigenvalue weighted by atomic mass is 10.1. The molecule has 102 valence electrons. The predicted molar refractivity (Wildman–Crippen MR) is 73.4 cm³/mol. The SMILES string of the molecule is CCCC(CC)S(=O)CC1CCCS(=O)(=O)C1. The molecule has 1 aliphatic rings. The molecule has 0 saturated carbocycles. The van der Waals surface area contributed by atoms with E-state index in [-0.39, 0.29) is 16.9 Å². The van der Waals surface area contributed by atoms with E-state index in [1.165, 1.54) is 0 Å². The maximum absolute atomic E-state index is 12.2. The molecule has 1 fully saturated rings. The van der Waals surface area contributed by atoms with Crippen LogP contribution in [0, 0.1) is 5.92 Å². The molecule has 0 aliphatic carbocycles. The van der Waals surface area contributed by atoms with E-state index in [9.17, 15) is 12.6 Å². The summed E-state index contributed by atoms with van der Waals surface area (Å²) in [5.41, 5.74) is 0. The Balaban J connectivity index is 2.50. The van der Waals surface area contributed by atoms with Gasteiger partial charge < -0.3 is 0 Å². The van der Waals surface area contributed by atoms with E-state index in [1.54, 1.807) is 0 Å². The molecule has 1 saturated heterocycles. The second-order valence-electron chi connectivity index (χ2n) is 4.99. The molecule has 0 spiro atoms. The van der Waals surface area contributed by atoms with Crippen LogP contribution in [0.25, 0.3) is 0 Å². The summed E-state index contributed by atoms with van der Waals surface area (Å²) in [6, 6.07) is 0. The first-order chi connectivity index (χ1) is 7.98. The Labute approximate surface area is 108 Å². The molecule has 3 atom stereocenters. The molecule has 3 unspecified atom stereocenters. The third kappa shape index (κ3) is 5.08. The largest absolute Gasteiger partial charge is 0.259 e. The Morgan fingerprint density at radius 3 is 2.59 bits per heavy atom. The number of hydrogen-bond donors (Lipinski definition) is 0. The molecule has 1 heterocycles. The lowest BCUT2D eigenvalue weighted by Crippen LogP contribution is -2.31. The van der Waals surface area contributed by atoms with E-state index in [0.717, 1.165) is 32.1 Å². The average molecular weight is 280 g/mol. The highest BCUT2D eigenvalue weighted by atomic mass is 32.2. The van der Waals surface area contributed by atoms with Crippen molar-refractivity contribution in [3.05, 3.63) is 0 Å². The van der Waals surface area contributed by atoms with E-state index >= 15 is 0 Å². The zero-order valence-corrected chi connectivity index (χ0v) is 12.5. The van der Waals surface area contributed by atoms with Gasteiger partial charge >= 0.3 is 0 Å². The Kier molecular flexibility index (Phi) is 6.13. The highest BCUT2D eigenvalue weighted by molar-refractivity contribution is 7.91. The van der Waals surface area contributed by atoms with Gasteiger partial charge in [0.25, 0.3) is 0 Å². The van der Waals surface area contributed by atoms with Gasteiger partial charge in [-0.25, -0.2) is 8.42 Å². The van der Waals surface area contributed by atoms with E-state index in [2.05, 4.69) is 13.8 Å². The quantitative estimate of drug-likeness (QED) is 0.749. The van der Waals surface area contributed by atoms with Gasteiger partial charge in [0.15, 0.2) is 9.84 Å². The lowest BCUT2D eigenvalue weighted by Gasteiger charge is -2.23. The van der Waals surface area contributed by atoms with Crippen molar-refractivity contribution >= 4 is 20.6 Å². The van der Waals surface area contributed by atoms with Crippen molar-refractivity contribution in [3.63, 3.8) is 0 Å². The van der Waals surface area contributed by atoms with Crippen LogP contribution in [-0.4, -0.2) is 35.1 Å². The van der Waals surface area contributed by atoms with Crippen molar-refractivity contribution in [1.82, 2.24) is 0 Å². The normalized spacial score (nSPS) is 27.5. The predicted octanol–water partition coefficient (Wildman–Crippen LogP) is 2.14. The Morgan fingerprint density at radius 1 is 1.35 bits per heavy atom. The van der Waals surface area contributed by atoms with Crippen molar-refractivity contribution in [2.75, 3.05) is 17.3 Å². The van der Waals surface area contributed by atoms with Gasteiger partial charge in [-0.3, -0.25) is 4.21 Å². The van der Waals surface area contributed by atoms with Gasteiger partial charge in [-0.05, 0) is 31.6 Å². The third-order valence-corrected chi connectivity index (χ3v) is 7.40. The van der Waals surface area contributed by atoms with E-state index in [0.29, 0.717) is 11.5 Å². The molecule has 1 rings (SSSR count). The summed E-state index contributed by atoms with van der Waals surface area (Å²) in [7, 11) is -3.71. The first-order valence-corrected chi connectivity index (χ1v) is 9.76. The highest BCUT2D eigenvalue weighted by Crippen LogP contribution is 2.21. The minimum atomic E-state index is -2.86. The van der Waals surface area contributed by atoms with Gasteiger partial charge in [0.1, 0.15) is 0 Å². The van der Waals surface area contributed by atoms with Gasteiger partial charge in [-0.1, -0.05) is 20.3 Å². The van der Waals surface area contributed by atoms with Crippen LogP contribution in [0.1, 0.15) is 46.0 Å². The van der Waals surface area contributed by atoms with Crippen molar-refractivity contribution in [2.45, 2.75) is 51.2 Å². The fourth-order valence-electron chi connectivity index (χ4n) is 2.46. The molecule has 0 radical (unpaired) electrons. The van der Waals surface area contributed by atoms with E-state index in [1.807, 2.05) is 0 Å². The van der Waals surface area contributed by atoms with Crippen LogP contribution in [0.5, 0.6) is 0 Å². The van der Waals surface area contributed by atoms with Crippen molar-refractivity contribution in [2.24, 2.45) is 5.92 Å². The summed E-state index contributed by atoms with van der Waals surface area (Å²) in [4.78, 5) is 0. The lowest BCUT2D eigenvalue weighted by molar-refractivity contribution is 0.515. The maximum atomic E-state index is 12.2. The number of sulfone groups is 1. The monoisotopic (exact) mass is 280 g/mol. The third-order valence-electron chi connectivity index (χ3n) is 3.40. The first-order valence-electron chi connectivity index (χ1n) is 6.56. The summed E-state index contributed by atoms with van der Waals surface area (Å²) >= 11 is 0. The summed E-state index contributed by atoms with van der Waals surface area (Å²) in [5, 5.41) is 0.254. The molecule has 1 aliphatic heterocycles. The molecule has 0 aromatic heterocycles. The second-order valence-corrected chi connectivity index (χ2v) is 8.98. The van der Waals surface area contributed by atoms with Crippen LogP contribution in [0.3, 0.4) is 0 Å². The van der Waals surface area contributed by atoms with Crippen molar-refractivity contribution in [1.29, 1.82) is 0 Å². The number of hydrogen-bond acceptors (Lipinski definition) is 3. The van der Waals surface area contributed by atoms with E-state index in [4.69, 9.17) is 0 Å². The Hall–Kier alpha value is 0.1000. The Bertz CT molecular complexity index is 349. The van der Waals surface area contributed by atoms with Gasteiger partial charge in [0.2, 0.25) is 0 Å². The van der Waals surface area contributed by atoms with Crippen LogP contribution in [0.15, 0.2) is 0 Å². The fraction of sp³-hybridized carbons (Fsp3) is 1.00. The molecule has 0 amide bonds. The molecular formula is C12H24O3S2. The van der Waals surface area contributed by atoms with Crippen molar-refractivity contribution in [3.8, 4) is 0 Å². The minimum absolute atomic E-state index is 0.125. The molecule has 3 nitrogen and oxygen atoms in total. The van der Waals surface area contributed by atoms with E-state index < -0.39 is 20.6 Å². The topological polar surface area (TPSA) is 51.2 Å². The molecule has 0 aromatic carbocycles. The van der Waals surface area contributed by atoms with Gasteiger partial charge in [0.05, 0.1) is 11.5 Å².